The van der Waals surface area contributed by atoms with Gasteiger partial charge in [0.05, 0.1) is 0 Å². The lowest BCUT2D eigenvalue weighted by Crippen LogP contribution is -2.05. The molecule has 0 aliphatic rings. The number of hydrogen-bond acceptors (Lipinski definition) is 5. The second-order valence-electron chi connectivity index (χ2n) is 15.6. The van der Waals surface area contributed by atoms with Crippen molar-refractivity contribution < 1.29 is 25.2 Å². The first-order chi connectivity index (χ1) is 24.3. The largest absolute Gasteiger partial charge is 0.396 e. The van der Waals surface area contributed by atoms with Crippen molar-refractivity contribution in [1.82, 2.24) is 0 Å². The zero-order chi connectivity index (χ0) is 35.6. The molecule has 0 heterocycles. The van der Waals surface area contributed by atoms with Crippen LogP contribution in [0.5, 0.6) is 0 Å². The minimum atomic E-state index is 0.259. The van der Waals surface area contributed by atoms with Crippen molar-refractivity contribution >= 4 is 0 Å². The Hall–Kier alpha value is -0.200. The first kappa shape index (κ1) is 48.8. The average Bonchev–Trinajstić information content (AvgIpc) is 3.10. The fourth-order valence-corrected chi connectivity index (χ4v) is 7.57. The van der Waals surface area contributed by atoms with Crippen LogP contribution in [0.3, 0.4) is 0 Å². The van der Waals surface area contributed by atoms with Crippen molar-refractivity contribution in [3.05, 3.63) is 0 Å². The SMILES string of the molecule is OCCC(CCO)CCCCCCCCCCCCCCCCCOCCCCCCCCCCCCCCCCCC(CCO)CCO. The van der Waals surface area contributed by atoms with Crippen molar-refractivity contribution in [1.29, 1.82) is 0 Å². The van der Waals surface area contributed by atoms with E-state index in [0.29, 0.717) is 11.8 Å². The van der Waals surface area contributed by atoms with E-state index >= 15 is 0 Å². The Labute approximate surface area is 307 Å². The van der Waals surface area contributed by atoms with E-state index in [0.717, 1.165) is 38.9 Å². The van der Waals surface area contributed by atoms with Crippen molar-refractivity contribution in [2.75, 3.05) is 39.6 Å². The highest BCUT2D eigenvalue weighted by Gasteiger charge is 2.08. The van der Waals surface area contributed by atoms with Crippen molar-refractivity contribution in [2.45, 2.75) is 231 Å². The monoisotopic (exact) mass is 699 g/mol. The molecule has 0 aromatic rings. The quantitative estimate of drug-likeness (QED) is 0.0476. The third kappa shape index (κ3) is 40.4. The Bertz CT molecular complexity index is 514. The van der Waals surface area contributed by atoms with Crippen LogP contribution in [0.2, 0.25) is 0 Å². The van der Waals surface area contributed by atoms with E-state index in [2.05, 4.69) is 0 Å². The van der Waals surface area contributed by atoms with E-state index in [1.807, 2.05) is 0 Å². The van der Waals surface area contributed by atoms with Gasteiger partial charge >= 0.3 is 0 Å². The van der Waals surface area contributed by atoms with Crippen LogP contribution in [0.15, 0.2) is 0 Å². The van der Waals surface area contributed by atoms with Crippen LogP contribution in [0.25, 0.3) is 0 Å². The van der Waals surface area contributed by atoms with Gasteiger partial charge in [-0.3, -0.25) is 0 Å². The number of ether oxygens (including phenoxy) is 1. The van der Waals surface area contributed by atoms with E-state index in [-0.39, 0.29) is 26.4 Å². The summed E-state index contributed by atoms with van der Waals surface area (Å²) in [6.45, 7) is 2.96. The maximum Gasteiger partial charge on any atom is 0.0466 e. The Morgan fingerprint density at radius 1 is 0.224 bits per heavy atom. The molecule has 0 spiro atoms. The molecular formula is C44H90O5. The van der Waals surface area contributed by atoms with Gasteiger partial charge in [0.1, 0.15) is 0 Å². The lowest BCUT2D eigenvalue weighted by molar-refractivity contribution is 0.125. The van der Waals surface area contributed by atoms with Gasteiger partial charge in [-0.2, -0.15) is 0 Å². The molecule has 0 saturated carbocycles. The summed E-state index contributed by atoms with van der Waals surface area (Å²) in [4.78, 5) is 0. The number of aliphatic hydroxyl groups is 4. The lowest BCUT2D eigenvalue weighted by atomic mass is 9.94. The molecule has 0 aromatic carbocycles. The van der Waals surface area contributed by atoms with Gasteiger partial charge in [-0.05, 0) is 50.4 Å². The van der Waals surface area contributed by atoms with Crippen molar-refractivity contribution in [3.8, 4) is 0 Å². The van der Waals surface area contributed by atoms with Crippen LogP contribution in [0.4, 0.5) is 0 Å². The summed E-state index contributed by atoms with van der Waals surface area (Å²) in [6, 6.07) is 0. The third-order valence-corrected chi connectivity index (χ3v) is 11.0. The van der Waals surface area contributed by atoms with E-state index in [1.165, 1.54) is 205 Å². The highest BCUT2D eigenvalue weighted by molar-refractivity contribution is 4.61. The highest BCUT2D eigenvalue weighted by atomic mass is 16.5. The molecule has 0 aromatic heterocycles. The Balaban J connectivity index is 3.14. The van der Waals surface area contributed by atoms with E-state index in [9.17, 15) is 0 Å². The fourth-order valence-electron chi connectivity index (χ4n) is 7.57. The molecule has 49 heavy (non-hydrogen) atoms. The number of aliphatic hydroxyl groups excluding tert-OH is 4. The standard InChI is InChI=1S/C44H90O5/c45-37-33-43(34-38-46)31-27-23-19-15-11-7-3-1-5-9-13-17-21-25-29-41-49-42-30-26-22-18-14-10-6-2-4-8-12-16-20-24-28-32-44(35-39-47)36-40-48/h43-48H,1-42H2. The van der Waals surface area contributed by atoms with Gasteiger partial charge < -0.3 is 25.2 Å². The van der Waals surface area contributed by atoms with E-state index < -0.39 is 0 Å². The molecule has 5 nitrogen and oxygen atoms in total. The maximum absolute atomic E-state index is 9.11. The van der Waals surface area contributed by atoms with Gasteiger partial charge in [0.25, 0.3) is 0 Å². The van der Waals surface area contributed by atoms with Gasteiger partial charge in [-0.15, -0.1) is 0 Å². The van der Waals surface area contributed by atoms with Crippen LogP contribution < -0.4 is 0 Å². The summed E-state index contributed by atoms with van der Waals surface area (Å²) in [6.07, 6.45) is 46.8. The zero-order valence-electron chi connectivity index (χ0n) is 33.1. The van der Waals surface area contributed by atoms with Crippen LogP contribution in [0, 0.1) is 11.8 Å². The molecule has 0 saturated heterocycles. The molecule has 0 amide bonds. The van der Waals surface area contributed by atoms with Gasteiger partial charge in [0, 0.05) is 39.6 Å². The van der Waals surface area contributed by atoms with Crippen LogP contribution in [-0.2, 0) is 4.74 Å². The van der Waals surface area contributed by atoms with Crippen LogP contribution in [-0.4, -0.2) is 60.1 Å². The Kier molecular flexibility index (Phi) is 43.8. The second kappa shape index (κ2) is 44.0. The molecule has 0 aliphatic carbocycles. The first-order valence-corrected chi connectivity index (χ1v) is 22.3. The average molecular weight is 699 g/mol. The molecule has 0 rings (SSSR count). The lowest BCUT2D eigenvalue weighted by Gasteiger charge is -2.13. The Morgan fingerprint density at radius 3 is 0.612 bits per heavy atom. The Morgan fingerprint density at radius 2 is 0.408 bits per heavy atom. The minimum Gasteiger partial charge on any atom is -0.396 e. The highest BCUT2D eigenvalue weighted by Crippen LogP contribution is 2.20. The zero-order valence-corrected chi connectivity index (χ0v) is 33.1. The van der Waals surface area contributed by atoms with Gasteiger partial charge in [0.15, 0.2) is 0 Å². The number of rotatable bonds is 44. The summed E-state index contributed by atoms with van der Waals surface area (Å²) in [5.41, 5.74) is 0. The molecule has 296 valence electrons. The van der Waals surface area contributed by atoms with Gasteiger partial charge in [-0.25, -0.2) is 0 Å². The van der Waals surface area contributed by atoms with Crippen LogP contribution in [0.1, 0.15) is 231 Å². The fraction of sp³-hybridized carbons (Fsp3) is 1.00. The maximum atomic E-state index is 9.11. The molecule has 0 radical (unpaired) electrons. The predicted octanol–water partition coefficient (Wildman–Crippen LogP) is 12.2. The van der Waals surface area contributed by atoms with Crippen LogP contribution >= 0.6 is 0 Å². The smallest absolute Gasteiger partial charge is 0.0466 e. The summed E-state index contributed by atoms with van der Waals surface area (Å²) in [7, 11) is 0. The molecular weight excluding hydrogens is 608 g/mol. The third-order valence-electron chi connectivity index (χ3n) is 11.0. The van der Waals surface area contributed by atoms with Crippen molar-refractivity contribution in [3.63, 3.8) is 0 Å². The summed E-state index contributed by atoms with van der Waals surface area (Å²) in [5.74, 6) is 1.03. The molecule has 4 N–H and O–H groups in total. The second-order valence-corrected chi connectivity index (χ2v) is 15.6. The predicted molar refractivity (Wildman–Crippen MR) is 212 cm³/mol. The minimum absolute atomic E-state index is 0.259. The summed E-state index contributed by atoms with van der Waals surface area (Å²) < 4.78 is 5.89. The van der Waals surface area contributed by atoms with Crippen molar-refractivity contribution in [2.24, 2.45) is 11.8 Å². The molecule has 0 atom stereocenters. The van der Waals surface area contributed by atoms with E-state index in [1.54, 1.807) is 0 Å². The summed E-state index contributed by atoms with van der Waals surface area (Å²) >= 11 is 0. The summed E-state index contributed by atoms with van der Waals surface area (Å²) in [5, 5.41) is 36.5. The molecule has 0 aliphatic heterocycles. The molecule has 0 bridgehead atoms. The number of unbranched alkanes of at least 4 members (excludes halogenated alkanes) is 28. The van der Waals surface area contributed by atoms with E-state index in [4.69, 9.17) is 25.2 Å². The van der Waals surface area contributed by atoms with Gasteiger partial charge in [-0.1, -0.05) is 193 Å². The first-order valence-electron chi connectivity index (χ1n) is 22.3. The van der Waals surface area contributed by atoms with Gasteiger partial charge in [0.2, 0.25) is 0 Å². The number of hydrogen-bond donors (Lipinski definition) is 4. The normalized spacial score (nSPS) is 11.9. The molecule has 5 heteroatoms. The molecule has 0 fully saturated rings. The topological polar surface area (TPSA) is 90.2 Å². The molecule has 0 unspecified atom stereocenters.